The standard InChI is InChI=1S/C10H13ClN2O4/c1-6-8(11)12-10(15)13(9(6)14)4-7-5-16-2-3-17-7/h7H,2-5H2,1H3,(H,12,15). The number of hydrogen-bond acceptors (Lipinski definition) is 4. The molecule has 0 aromatic carbocycles. The molecule has 1 unspecified atom stereocenters. The smallest absolute Gasteiger partial charge is 0.329 e. The third-order valence-electron chi connectivity index (χ3n) is 2.63. The van der Waals surface area contributed by atoms with Gasteiger partial charge in [-0.25, -0.2) is 4.79 Å². The molecule has 1 aliphatic heterocycles. The van der Waals surface area contributed by atoms with Crippen molar-refractivity contribution < 1.29 is 9.47 Å². The van der Waals surface area contributed by atoms with Gasteiger partial charge in [0.1, 0.15) is 5.15 Å². The highest BCUT2D eigenvalue weighted by Crippen LogP contribution is 2.05. The van der Waals surface area contributed by atoms with Gasteiger partial charge < -0.3 is 9.47 Å². The number of H-pyrrole nitrogens is 1. The zero-order valence-corrected chi connectivity index (χ0v) is 10.1. The molecule has 0 saturated carbocycles. The van der Waals surface area contributed by atoms with Crippen molar-refractivity contribution in [3.63, 3.8) is 0 Å². The van der Waals surface area contributed by atoms with Gasteiger partial charge in [0.15, 0.2) is 0 Å². The van der Waals surface area contributed by atoms with Crippen LogP contribution in [-0.4, -0.2) is 35.5 Å². The Hall–Kier alpha value is -1.11. The lowest BCUT2D eigenvalue weighted by Gasteiger charge is -2.23. The first kappa shape index (κ1) is 12.3. The van der Waals surface area contributed by atoms with Crippen molar-refractivity contribution in [2.24, 2.45) is 0 Å². The molecule has 1 atom stereocenters. The van der Waals surface area contributed by atoms with Gasteiger partial charge in [0.25, 0.3) is 5.56 Å². The highest BCUT2D eigenvalue weighted by molar-refractivity contribution is 6.30. The van der Waals surface area contributed by atoms with E-state index < -0.39 is 11.2 Å². The Labute approximate surface area is 102 Å². The van der Waals surface area contributed by atoms with Gasteiger partial charge in [0.05, 0.1) is 32.5 Å². The van der Waals surface area contributed by atoms with Crippen molar-refractivity contribution >= 4 is 11.6 Å². The number of aromatic amines is 1. The summed E-state index contributed by atoms with van der Waals surface area (Å²) in [5.41, 5.74) is -0.601. The van der Waals surface area contributed by atoms with Crippen LogP contribution in [0.25, 0.3) is 0 Å². The third-order valence-corrected chi connectivity index (χ3v) is 3.01. The van der Waals surface area contributed by atoms with Crippen LogP contribution in [0.5, 0.6) is 0 Å². The number of halogens is 1. The molecule has 6 nitrogen and oxygen atoms in total. The van der Waals surface area contributed by atoms with E-state index in [1.165, 1.54) is 0 Å². The Bertz CT molecular complexity index is 516. The van der Waals surface area contributed by atoms with Crippen LogP contribution in [0.3, 0.4) is 0 Å². The van der Waals surface area contributed by atoms with Crippen molar-refractivity contribution in [2.45, 2.75) is 19.6 Å². The van der Waals surface area contributed by atoms with Crippen LogP contribution < -0.4 is 11.2 Å². The number of nitrogens with zero attached hydrogens (tertiary/aromatic N) is 1. The maximum atomic E-state index is 11.8. The lowest BCUT2D eigenvalue weighted by Crippen LogP contribution is -2.43. The van der Waals surface area contributed by atoms with E-state index in [-0.39, 0.29) is 17.8 Å². The molecule has 2 heterocycles. The van der Waals surface area contributed by atoms with E-state index in [0.29, 0.717) is 25.4 Å². The van der Waals surface area contributed by atoms with Crippen LogP contribution in [0, 0.1) is 6.92 Å². The zero-order valence-electron chi connectivity index (χ0n) is 9.36. The highest BCUT2D eigenvalue weighted by atomic mass is 35.5. The molecule has 2 rings (SSSR count). The van der Waals surface area contributed by atoms with Crippen LogP contribution in [0.2, 0.25) is 5.15 Å². The molecule has 1 aromatic heterocycles. The van der Waals surface area contributed by atoms with Gasteiger partial charge in [-0.15, -0.1) is 0 Å². The second kappa shape index (κ2) is 5.03. The quantitative estimate of drug-likeness (QED) is 0.755. The van der Waals surface area contributed by atoms with Gasteiger partial charge in [-0.1, -0.05) is 11.6 Å². The second-order valence-electron chi connectivity index (χ2n) is 3.85. The summed E-state index contributed by atoms with van der Waals surface area (Å²) in [6.07, 6.45) is -0.275. The van der Waals surface area contributed by atoms with Crippen LogP contribution in [0.15, 0.2) is 9.59 Å². The fraction of sp³-hybridized carbons (Fsp3) is 0.600. The van der Waals surface area contributed by atoms with E-state index in [4.69, 9.17) is 21.1 Å². The number of rotatable bonds is 2. The number of aromatic nitrogens is 2. The minimum absolute atomic E-state index is 0.0806. The summed E-state index contributed by atoms with van der Waals surface area (Å²) < 4.78 is 11.7. The third kappa shape index (κ3) is 2.59. The first-order valence-corrected chi connectivity index (χ1v) is 5.66. The van der Waals surface area contributed by atoms with Crippen molar-refractivity contribution in [1.82, 2.24) is 9.55 Å². The lowest BCUT2D eigenvalue weighted by molar-refractivity contribution is -0.0942. The predicted molar refractivity (Wildman–Crippen MR) is 61.6 cm³/mol. The van der Waals surface area contributed by atoms with Gasteiger partial charge in [0, 0.05) is 5.56 Å². The van der Waals surface area contributed by atoms with Gasteiger partial charge in [-0.2, -0.15) is 0 Å². The molecule has 1 fully saturated rings. The van der Waals surface area contributed by atoms with Crippen LogP contribution in [0.4, 0.5) is 0 Å². The molecule has 0 aliphatic carbocycles. The van der Waals surface area contributed by atoms with E-state index in [1.807, 2.05) is 0 Å². The normalized spacial score (nSPS) is 20.5. The molecule has 94 valence electrons. The molecule has 0 bridgehead atoms. The van der Waals surface area contributed by atoms with Gasteiger partial charge >= 0.3 is 5.69 Å². The van der Waals surface area contributed by atoms with Gasteiger partial charge in [0.2, 0.25) is 0 Å². The molecule has 1 aliphatic rings. The molecule has 1 saturated heterocycles. The van der Waals surface area contributed by atoms with Crippen molar-refractivity contribution in [1.29, 1.82) is 0 Å². The SMILES string of the molecule is Cc1c(Cl)[nH]c(=O)n(CC2COCCO2)c1=O. The fourth-order valence-corrected chi connectivity index (χ4v) is 1.82. The summed E-state index contributed by atoms with van der Waals surface area (Å²) in [4.78, 5) is 25.9. The maximum Gasteiger partial charge on any atom is 0.329 e. The summed E-state index contributed by atoms with van der Waals surface area (Å²) in [6, 6.07) is 0. The molecule has 1 aromatic rings. The van der Waals surface area contributed by atoms with Crippen molar-refractivity contribution in [3.05, 3.63) is 31.6 Å². The highest BCUT2D eigenvalue weighted by Gasteiger charge is 2.18. The number of ether oxygens (including phenoxy) is 2. The molecule has 0 radical (unpaired) electrons. The van der Waals surface area contributed by atoms with Crippen LogP contribution >= 0.6 is 11.6 Å². The average Bonchev–Trinajstić information content (AvgIpc) is 2.33. The van der Waals surface area contributed by atoms with Crippen molar-refractivity contribution in [3.8, 4) is 0 Å². The van der Waals surface area contributed by atoms with E-state index >= 15 is 0 Å². The maximum absolute atomic E-state index is 11.8. The molecule has 0 spiro atoms. The second-order valence-corrected chi connectivity index (χ2v) is 4.23. The van der Waals surface area contributed by atoms with Crippen molar-refractivity contribution in [2.75, 3.05) is 19.8 Å². The Kier molecular flexibility index (Phi) is 3.66. The molecule has 1 N–H and O–H groups in total. The van der Waals surface area contributed by atoms with E-state index in [2.05, 4.69) is 4.98 Å². The summed E-state index contributed by atoms with van der Waals surface area (Å²) in [5, 5.41) is 0.0806. The molecule has 17 heavy (non-hydrogen) atoms. The Morgan fingerprint density at radius 1 is 1.47 bits per heavy atom. The molecular formula is C10H13ClN2O4. The van der Waals surface area contributed by atoms with E-state index in [9.17, 15) is 9.59 Å². The monoisotopic (exact) mass is 260 g/mol. The topological polar surface area (TPSA) is 73.3 Å². The zero-order chi connectivity index (χ0) is 12.4. The molecular weight excluding hydrogens is 248 g/mol. The Balaban J connectivity index is 2.29. The Morgan fingerprint density at radius 2 is 2.24 bits per heavy atom. The first-order chi connectivity index (χ1) is 8.09. The largest absolute Gasteiger partial charge is 0.376 e. The lowest BCUT2D eigenvalue weighted by atomic mass is 10.3. The molecule has 7 heteroatoms. The van der Waals surface area contributed by atoms with E-state index in [1.54, 1.807) is 6.92 Å². The average molecular weight is 261 g/mol. The molecule has 0 amide bonds. The summed E-state index contributed by atoms with van der Waals surface area (Å²) in [6.45, 7) is 3.14. The minimum Gasteiger partial charge on any atom is -0.376 e. The summed E-state index contributed by atoms with van der Waals surface area (Å²) in [5.74, 6) is 0. The number of nitrogens with one attached hydrogen (secondary N) is 1. The fourth-order valence-electron chi connectivity index (χ4n) is 1.66. The van der Waals surface area contributed by atoms with Gasteiger partial charge in [-0.3, -0.25) is 14.3 Å². The Morgan fingerprint density at radius 3 is 2.88 bits per heavy atom. The van der Waals surface area contributed by atoms with Gasteiger partial charge in [-0.05, 0) is 6.92 Å². The number of hydrogen-bond donors (Lipinski definition) is 1. The predicted octanol–water partition coefficient (Wildman–Crippen LogP) is -0.0862. The van der Waals surface area contributed by atoms with Crippen LogP contribution in [-0.2, 0) is 16.0 Å². The summed E-state index contributed by atoms with van der Waals surface area (Å²) in [7, 11) is 0. The minimum atomic E-state index is -0.528. The summed E-state index contributed by atoms with van der Waals surface area (Å²) >= 11 is 5.71. The first-order valence-electron chi connectivity index (χ1n) is 5.28. The van der Waals surface area contributed by atoms with Crippen LogP contribution in [0.1, 0.15) is 5.56 Å². The van der Waals surface area contributed by atoms with E-state index in [0.717, 1.165) is 4.57 Å².